The summed E-state index contributed by atoms with van der Waals surface area (Å²) in [7, 11) is 1.45. The van der Waals surface area contributed by atoms with Gasteiger partial charge in [-0.15, -0.1) is 0 Å². The van der Waals surface area contributed by atoms with Crippen LogP contribution in [0.4, 0.5) is 0 Å². The third-order valence-electron chi connectivity index (χ3n) is 3.56. The Balaban J connectivity index is 2.22. The Labute approximate surface area is 92.8 Å². The van der Waals surface area contributed by atoms with Gasteiger partial charge < -0.3 is 9.64 Å². The predicted molar refractivity (Wildman–Crippen MR) is 60.7 cm³/mol. The highest BCUT2D eigenvalue weighted by atomic mass is 16.5. The third kappa shape index (κ3) is 3.82. The van der Waals surface area contributed by atoms with Crippen molar-refractivity contribution in [2.75, 3.05) is 20.2 Å². The number of carbonyl (C=O) groups excluding carboxylic acids is 1. The molecule has 0 radical (unpaired) electrons. The lowest BCUT2D eigenvalue weighted by Gasteiger charge is -2.37. The Morgan fingerprint density at radius 1 is 1.47 bits per heavy atom. The average Bonchev–Trinajstić information content (AvgIpc) is 2.24. The van der Waals surface area contributed by atoms with Gasteiger partial charge in [-0.3, -0.25) is 4.79 Å². The smallest absolute Gasteiger partial charge is 0.305 e. The van der Waals surface area contributed by atoms with Gasteiger partial charge in [0, 0.05) is 12.5 Å². The SMILES string of the molecule is COC(=O)CCCN1CCCC(C)C1C. The second-order valence-corrected chi connectivity index (χ2v) is 4.58. The van der Waals surface area contributed by atoms with Gasteiger partial charge in [-0.05, 0) is 45.2 Å². The molecule has 0 aromatic carbocycles. The largest absolute Gasteiger partial charge is 0.469 e. The summed E-state index contributed by atoms with van der Waals surface area (Å²) < 4.78 is 4.63. The van der Waals surface area contributed by atoms with Crippen molar-refractivity contribution < 1.29 is 9.53 Å². The number of methoxy groups -OCH3 is 1. The summed E-state index contributed by atoms with van der Waals surface area (Å²) in [5.74, 6) is 0.699. The van der Waals surface area contributed by atoms with E-state index < -0.39 is 0 Å². The number of rotatable bonds is 4. The maximum atomic E-state index is 11.0. The Morgan fingerprint density at radius 3 is 2.87 bits per heavy atom. The highest BCUT2D eigenvalue weighted by Crippen LogP contribution is 2.22. The van der Waals surface area contributed by atoms with Crippen LogP contribution in [0.5, 0.6) is 0 Å². The van der Waals surface area contributed by atoms with Crippen LogP contribution < -0.4 is 0 Å². The van der Waals surface area contributed by atoms with Crippen LogP contribution in [-0.2, 0) is 9.53 Å². The maximum Gasteiger partial charge on any atom is 0.305 e. The van der Waals surface area contributed by atoms with Gasteiger partial charge in [-0.2, -0.15) is 0 Å². The van der Waals surface area contributed by atoms with E-state index in [0.717, 1.165) is 18.9 Å². The minimum absolute atomic E-state index is 0.0901. The quantitative estimate of drug-likeness (QED) is 0.669. The van der Waals surface area contributed by atoms with E-state index in [9.17, 15) is 4.79 Å². The van der Waals surface area contributed by atoms with Gasteiger partial charge in [0.1, 0.15) is 0 Å². The zero-order chi connectivity index (χ0) is 11.3. The van der Waals surface area contributed by atoms with Gasteiger partial charge in [-0.1, -0.05) is 6.92 Å². The van der Waals surface area contributed by atoms with Crippen LogP contribution >= 0.6 is 0 Å². The van der Waals surface area contributed by atoms with Crippen LogP contribution in [0.3, 0.4) is 0 Å². The first-order valence-corrected chi connectivity index (χ1v) is 5.96. The fourth-order valence-electron chi connectivity index (χ4n) is 2.27. The van der Waals surface area contributed by atoms with Crippen molar-refractivity contribution >= 4 is 5.97 Å². The van der Waals surface area contributed by atoms with E-state index in [-0.39, 0.29) is 5.97 Å². The molecule has 2 unspecified atom stereocenters. The third-order valence-corrected chi connectivity index (χ3v) is 3.56. The van der Waals surface area contributed by atoms with Gasteiger partial charge in [0.15, 0.2) is 0 Å². The van der Waals surface area contributed by atoms with Gasteiger partial charge in [0.2, 0.25) is 0 Å². The molecule has 88 valence electrons. The molecule has 1 heterocycles. The minimum atomic E-state index is -0.0901. The molecule has 1 saturated heterocycles. The molecular formula is C12H23NO2. The summed E-state index contributed by atoms with van der Waals surface area (Å²) in [5.41, 5.74) is 0. The summed E-state index contributed by atoms with van der Waals surface area (Å²) in [5, 5.41) is 0. The van der Waals surface area contributed by atoms with Crippen molar-refractivity contribution in [1.29, 1.82) is 0 Å². The van der Waals surface area contributed by atoms with Crippen molar-refractivity contribution in [1.82, 2.24) is 4.90 Å². The number of carbonyl (C=O) groups is 1. The lowest BCUT2D eigenvalue weighted by Crippen LogP contribution is -2.42. The number of hydrogen-bond donors (Lipinski definition) is 0. The molecule has 2 atom stereocenters. The molecule has 0 aliphatic carbocycles. The summed E-state index contributed by atoms with van der Waals surface area (Å²) in [4.78, 5) is 13.5. The zero-order valence-electron chi connectivity index (χ0n) is 10.2. The van der Waals surface area contributed by atoms with Crippen molar-refractivity contribution in [3.63, 3.8) is 0 Å². The van der Waals surface area contributed by atoms with Crippen LogP contribution in [0, 0.1) is 5.92 Å². The minimum Gasteiger partial charge on any atom is -0.469 e. The second kappa shape index (κ2) is 6.11. The highest BCUT2D eigenvalue weighted by molar-refractivity contribution is 5.69. The molecule has 0 N–H and O–H groups in total. The monoisotopic (exact) mass is 213 g/mol. The molecular weight excluding hydrogens is 190 g/mol. The van der Waals surface area contributed by atoms with Crippen LogP contribution in [0.1, 0.15) is 39.5 Å². The number of esters is 1. The van der Waals surface area contributed by atoms with E-state index in [1.165, 1.54) is 26.5 Å². The molecule has 1 aliphatic heterocycles. The molecule has 0 aromatic rings. The first-order chi connectivity index (χ1) is 7.15. The first-order valence-electron chi connectivity index (χ1n) is 5.96. The molecule has 1 fully saturated rings. The highest BCUT2D eigenvalue weighted by Gasteiger charge is 2.23. The lowest BCUT2D eigenvalue weighted by atomic mass is 9.92. The number of likely N-dealkylation sites (tertiary alicyclic amines) is 1. The summed E-state index contributed by atoms with van der Waals surface area (Å²) in [6, 6.07) is 0.663. The predicted octanol–water partition coefficient (Wildman–Crippen LogP) is 2.06. The summed E-state index contributed by atoms with van der Waals surface area (Å²) in [6.07, 6.45) is 4.11. The van der Waals surface area contributed by atoms with Crippen LogP contribution in [0.25, 0.3) is 0 Å². The fraction of sp³-hybridized carbons (Fsp3) is 0.917. The Bertz CT molecular complexity index is 206. The molecule has 1 rings (SSSR count). The average molecular weight is 213 g/mol. The Hall–Kier alpha value is -0.570. The molecule has 0 saturated carbocycles. The van der Waals surface area contributed by atoms with Crippen LogP contribution in [-0.4, -0.2) is 37.1 Å². The maximum absolute atomic E-state index is 11.0. The molecule has 3 heteroatoms. The van der Waals surface area contributed by atoms with Crippen LogP contribution in [0.2, 0.25) is 0 Å². The topological polar surface area (TPSA) is 29.5 Å². The number of nitrogens with zero attached hydrogens (tertiary/aromatic N) is 1. The van der Waals surface area contributed by atoms with Gasteiger partial charge in [0.25, 0.3) is 0 Å². The van der Waals surface area contributed by atoms with E-state index in [1.807, 2.05) is 0 Å². The fourth-order valence-corrected chi connectivity index (χ4v) is 2.27. The molecule has 0 spiro atoms. The van der Waals surface area contributed by atoms with Crippen molar-refractivity contribution in [2.45, 2.75) is 45.6 Å². The van der Waals surface area contributed by atoms with Gasteiger partial charge >= 0.3 is 5.97 Å². The number of hydrogen-bond acceptors (Lipinski definition) is 3. The summed E-state index contributed by atoms with van der Waals surface area (Å²) in [6.45, 7) is 6.83. The molecule has 1 aliphatic rings. The molecule has 0 amide bonds. The van der Waals surface area contributed by atoms with E-state index in [4.69, 9.17) is 0 Å². The van der Waals surface area contributed by atoms with Crippen molar-refractivity contribution in [2.24, 2.45) is 5.92 Å². The van der Waals surface area contributed by atoms with E-state index >= 15 is 0 Å². The van der Waals surface area contributed by atoms with Crippen molar-refractivity contribution in [3.05, 3.63) is 0 Å². The Morgan fingerprint density at radius 2 is 2.20 bits per heavy atom. The molecule has 15 heavy (non-hydrogen) atoms. The molecule has 0 bridgehead atoms. The molecule has 0 aromatic heterocycles. The zero-order valence-corrected chi connectivity index (χ0v) is 10.2. The van der Waals surface area contributed by atoms with Gasteiger partial charge in [-0.25, -0.2) is 0 Å². The van der Waals surface area contributed by atoms with Gasteiger partial charge in [0.05, 0.1) is 7.11 Å². The first kappa shape index (κ1) is 12.5. The summed E-state index contributed by atoms with van der Waals surface area (Å²) >= 11 is 0. The second-order valence-electron chi connectivity index (χ2n) is 4.58. The number of ether oxygens (including phenoxy) is 1. The lowest BCUT2D eigenvalue weighted by molar-refractivity contribution is -0.140. The van der Waals surface area contributed by atoms with E-state index in [2.05, 4.69) is 23.5 Å². The van der Waals surface area contributed by atoms with E-state index in [1.54, 1.807) is 0 Å². The Kier molecular flexibility index (Phi) is 5.09. The van der Waals surface area contributed by atoms with Crippen LogP contribution in [0.15, 0.2) is 0 Å². The normalized spacial score (nSPS) is 27.7. The molecule has 3 nitrogen and oxygen atoms in total. The van der Waals surface area contributed by atoms with E-state index in [0.29, 0.717) is 12.5 Å². The standard InChI is InChI=1S/C12H23NO2/c1-10-6-4-8-13(11(10)2)9-5-7-12(14)15-3/h10-11H,4-9H2,1-3H3. The number of piperidine rings is 1. The van der Waals surface area contributed by atoms with Crippen molar-refractivity contribution in [3.8, 4) is 0 Å².